The summed E-state index contributed by atoms with van der Waals surface area (Å²) in [7, 11) is 0. The van der Waals surface area contributed by atoms with Crippen molar-refractivity contribution in [2.45, 2.75) is 31.6 Å². The van der Waals surface area contributed by atoms with Gasteiger partial charge in [-0.05, 0) is 18.4 Å². The van der Waals surface area contributed by atoms with E-state index in [0.717, 1.165) is 24.8 Å². The number of ketones is 2. The second-order valence-corrected chi connectivity index (χ2v) is 5.94. The molecule has 0 N–H and O–H groups in total. The monoisotopic (exact) mass is 292 g/mol. The highest BCUT2D eigenvalue weighted by Crippen LogP contribution is 2.36. The minimum Gasteiger partial charge on any atom is -0.299 e. The minimum atomic E-state index is -0.351. The van der Waals surface area contributed by atoms with Crippen LogP contribution in [0.4, 0.5) is 0 Å². The molecule has 0 amide bonds. The highest BCUT2D eigenvalue weighted by atomic mass is 16.1. The molecule has 1 fully saturated rings. The van der Waals surface area contributed by atoms with Gasteiger partial charge in [-0.3, -0.25) is 9.59 Å². The first-order valence-electron chi connectivity index (χ1n) is 7.94. The predicted octanol–water partition coefficient (Wildman–Crippen LogP) is 4.41. The fraction of sp³-hybridized carbons (Fsp3) is 0.300. The van der Waals surface area contributed by atoms with Crippen LogP contribution in [0.15, 0.2) is 60.7 Å². The molecule has 3 rings (SSSR count). The summed E-state index contributed by atoms with van der Waals surface area (Å²) >= 11 is 0. The van der Waals surface area contributed by atoms with Gasteiger partial charge in [0.25, 0.3) is 0 Å². The van der Waals surface area contributed by atoms with E-state index in [1.54, 1.807) is 0 Å². The molecule has 0 saturated heterocycles. The molecule has 0 aromatic heterocycles. The van der Waals surface area contributed by atoms with Gasteiger partial charge in [0, 0.05) is 17.9 Å². The molecule has 0 aliphatic heterocycles. The Hall–Kier alpha value is -2.22. The first-order chi connectivity index (χ1) is 10.8. The van der Waals surface area contributed by atoms with Crippen LogP contribution < -0.4 is 0 Å². The molecular weight excluding hydrogens is 272 g/mol. The molecule has 0 spiro atoms. The molecule has 2 aromatic rings. The fourth-order valence-corrected chi connectivity index (χ4v) is 3.37. The topological polar surface area (TPSA) is 34.1 Å². The number of hydrogen-bond acceptors (Lipinski definition) is 2. The summed E-state index contributed by atoms with van der Waals surface area (Å²) in [5.41, 5.74) is 1.64. The summed E-state index contributed by atoms with van der Waals surface area (Å²) in [6.07, 6.45) is 3.41. The zero-order valence-corrected chi connectivity index (χ0v) is 12.6. The largest absolute Gasteiger partial charge is 0.299 e. The Balaban J connectivity index is 1.99. The molecular formula is C20H20O2. The molecule has 1 saturated carbocycles. The number of benzene rings is 2. The van der Waals surface area contributed by atoms with E-state index >= 15 is 0 Å². The van der Waals surface area contributed by atoms with Gasteiger partial charge in [0.1, 0.15) is 5.78 Å². The van der Waals surface area contributed by atoms with Crippen molar-refractivity contribution >= 4 is 11.6 Å². The summed E-state index contributed by atoms with van der Waals surface area (Å²) in [4.78, 5) is 25.4. The summed E-state index contributed by atoms with van der Waals surface area (Å²) in [5, 5.41) is 0. The molecule has 2 aromatic carbocycles. The van der Waals surface area contributed by atoms with Crippen molar-refractivity contribution in [2.24, 2.45) is 5.92 Å². The van der Waals surface area contributed by atoms with E-state index in [0.29, 0.717) is 12.0 Å². The number of carbonyl (C=O) groups excluding carboxylic acids is 2. The maximum Gasteiger partial charge on any atom is 0.171 e. The highest BCUT2D eigenvalue weighted by molar-refractivity contribution is 6.04. The van der Waals surface area contributed by atoms with E-state index in [4.69, 9.17) is 0 Å². The highest BCUT2D eigenvalue weighted by Gasteiger charge is 2.36. The SMILES string of the molecule is O=C1CCCC[C@H]1[C@@H](C(=O)c1ccccc1)c1ccccc1. The second-order valence-electron chi connectivity index (χ2n) is 5.94. The summed E-state index contributed by atoms with van der Waals surface area (Å²) < 4.78 is 0. The Morgan fingerprint density at radius 3 is 2.18 bits per heavy atom. The molecule has 1 aliphatic rings. The molecule has 112 valence electrons. The molecule has 0 unspecified atom stereocenters. The third-order valence-electron chi connectivity index (χ3n) is 4.50. The van der Waals surface area contributed by atoms with E-state index in [1.165, 1.54) is 0 Å². The van der Waals surface area contributed by atoms with Crippen molar-refractivity contribution in [3.05, 3.63) is 71.8 Å². The third-order valence-corrected chi connectivity index (χ3v) is 4.50. The number of rotatable bonds is 4. The standard InChI is InChI=1S/C20H20O2/c21-18-14-8-7-13-17(18)19(15-9-3-1-4-10-15)20(22)16-11-5-2-6-12-16/h1-6,9-12,17,19H,7-8,13-14H2/t17-,19+/m1/s1. The summed E-state index contributed by atoms with van der Waals surface area (Å²) in [5.74, 6) is -0.225. The zero-order valence-electron chi connectivity index (χ0n) is 12.6. The van der Waals surface area contributed by atoms with Crippen LogP contribution in [0.3, 0.4) is 0 Å². The Morgan fingerprint density at radius 1 is 0.909 bits per heavy atom. The van der Waals surface area contributed by atoms with Crippen LogP contribution in [0.25, 0.3) is 0 Å². The van der Waals surface area contributed by atoms with Crippen LogP contribution >= 0.6 is 0 Å². The maximum absolute atomic E-state index is 13.0. The summed E-state index contributed by atoms with van der Waals surface area (Å²) in [6.45, 7) is 0. The van der Waals surface area contributed by atoms with Crippen molar-refractivity contribution in [3.63, 3.8) is 0 Å². The second kappa shape index (κ2) is 6.69. The lowest BCUT2D eigenvalue weighted by molar-refractivity contribution is -0.125. The van der Waals surface area contributed by atoms with Gasteiger partial charge in [-0.15, -0.1) is 0 Å². The van der Waals surface area contributed by atoms with Crippen LogP contribution in [-0.2, 0) is 4.79 Å². The van der Waals surface area contributed by atoms with Crippen molar-refractivity contribution in [2.75, 3.05) is 0 Å². The van der Waals surface area contributed by atoms with Crippen molar-refractivity contribution in [1.82, 2.24) is 0 Å². The molecule has 2 atom stereocenters. The number of Topliss-reactive ketones (excluding diaryl/α,β-unsaturated/α-hetero) is 2. The van der Waals surface area contributed by atoms with Crippen LogP contribution in [-0.4, -0.2) is 11.6 Å². The normalized spacial score (nSPS) is 19.6. The minimum absolute atomic E-state index is 0.0621. The average molecular weight is 292 g/mol. The molecule has 2 nitrogen and oxygen atoms in total. The van der Waals surface area contributed by atoms with Crippen molar-refractivity contribution < 1.29 is 9.59 Å². The molecule has 22 heavy (non-hydrogen) atoms. The van der Waals surface area contributed by atoms with E-state index < -0.39 is 0 Å². The molecule has 0 heterocycles. The van der Waals surface area contributed by atoms with Crippen molar-refractivity contribution in [1.29, 1.82) is 0 Å². The van der Waals surface area contributed by atoms with E-state index in [2.05, 4.69) is 0 Å². The van der Waals surface area contributed by atoms with Crippen LogP contribution in [0.5, 0.6) is 0 Å². The zero-order chi connectivity index (χ0) is 15.4. The smallest absolute Gasteiger partial charge is 0.171 e. The first kappa shape index (κ1) is 14.7. The molecule has 2 heteroatoms. The van der Waals surface area contributed by atoms with E-state index in [1.807, 2.05) is 60.7 Å². The lowest BCUT2D eigenvalue weighted by Gasteiger charge is -2.28. The van der Waals surface area contributed by atoms with Gasteiger partial charge in [-0.2, -0.15) is 0 Å². The van der Waals surface area contributed by atoms with Gasteiger partial charge in [-0.25, -0.2) is 0 Å². The fourth-order valence-electron chi connectivity index (χ4n) is 3.37. The summed E-state index contributed by atoms with van der Waals surface area (Å²) in [6, 6.07) is 19.1. The van der Waals surface area contributed by atoms with Crippen molar-refractivity contribution in [3.8, 4) is 0 Å². The number of carbonyl (C=O) groups is 2. The maximum atomic E-state index is 13.0. The van der Waals surface area contributed by atoms with Crippen LogP contribution in [0.2, 0.25) is 0 Å². The molecule has 0 bridgehead atoms. The Labute approximate surface area is 131 Å². The first-order valence-corrected chi connectivity index (χ1v) is 7.94. The van der Waals surface area contributed by atoms with Gasteiger partial charge in [0.2, 0.25) is 0 Å². The Morgan fingerprint density at radius 2 is 1.55 bits per heavy atom. The van der Waals surface area contributed by atoms with Crippen LogP contribution in [0, 0.1) is 5.92 Å². The number of hydrogen-bond donors (Lipinski definition) is 0. The van der Waals surface area contributed by atoms with Gasteiger partial charge in [0.05, 0.1) is 5.92 Å². The molecule has 1 aliphatic carbocycles. The lowest BCUT2D eigenvalue weighted by atomic mass is 9.73. The van der Waals surface area contributed by atoms with Crippen LogP contribution in [0.1, 0.15) is 47.5 Å². The third kappa shape index (κ3) is 3.01. The lowest BCUT2D eigenvalue weighted by Crippen LogP contribution is -2.30. The quantitative estimate of drug-likeness (QED) is 0.782. The van der Waals surface area contributed by atoms with Gasteiger partial charge in [0.15, 0.2) is 5.78 Å². The average Bonchev–Trinajstić information content (AvgIpc) is 2.58. The van der Waals surface area contributed by atoms with Gasteiger partial charge in [-0.1, -0.05) is 67.1 Å². The predicted molar refractivity (Wildman–Crippen MR) is 86.9 cm³/mol. The Kier molecular flexibility index (Phi) is 4.47. The van der Waals surface area contributed by atoms with Gasteiger partial charge >= 0.3 is 0 Å². The van der Waals surface area contributed by atoms with E-state index in [9.17, 15) is 9.59 Å². The van der Waals surface area contributed by atoms with E-state index in [-0.39, 0.29) is 23.4 Å². The van der Waals surface area contributed by atoms with Gasteiger partial charge < -0.3 is 0 Å². The molecule has 0 radical (unpaired) electrons. The Bertz CT molecular complexity index is 646.